The highest BCUT2D eigenvalue weighted by Gasteiger charge is 2.07. The zero-order valence-electron chi connectivity index (χ0n) is 12.5. The van der Waals surface area contributed by atoms with Crippen molar-refractivity contribution in [2.24, 2.45) is 5.92 Å². The van der Waals surface area contributed by atoms with E-state index in [0.717, 1.165) is 29.6 Å². The smallest absolute Gasteiger partial charge is 0.183 e. The highest BCUT2D eigenvalue weighted by atomic mass is 35.5. The molecule has 6 heteroatoms. The van der Waals surface area contributed by atoms with Gasteiger partial charge in [0, 0.05) is 30.5 Å². The van der Waals surface area contributed by atoms with E-state index in [9.17, 15) is 0 Å². The van der Waals surface area contributed by atoms with Gasteiger partial charge in [-0.2, -0.15) is 0 Å². The van der Waals surface area contributed by atoms with Gasteiger partial charge in [-0.3, -0.25) is 0 Å². The Hall–Kier alpha value is -0.680. The average Bonchev–Trinajstić information content (AvgIpc) is 3.06. The summed E-state index contributed by atoms with van der Waals surface area (Å²) in [4.78, 5) is 8.80. The third-order valence-corrected chi connectivity index (χ3v) is 3.88. The van der Waals surface area contributed by atoms with E-state index in [1.54, 1.807) is 18.5 Å². The number of hydrogen-bond acceptors (Lipinski definition) is 4. The van der Waals surface area contributed by atoms with Gasteiger partial charge in [-0.1, -0.05) is 36.2 Å². The van der Waals surface area contributed by atoms with Crippen LogP contribution < -0.4 is 0 Å². The Morgan fingerprint density at radius 1 is 1.19 bits per heavy atom. The Morgan fingerprint density at radius 2 is 1.95 bits per heavy atom. The number of rotatable bonds is 0. The van der Waals surface area contributed by atoms with Crippen LogP contribution in [0, 0.1) is 19.8 Å². The lowest BCUT2D eigenvalue weighted by atomic mass is 10.2. The number of hydrogen-bond donors (Lipinski definition) is 0. The summed E-state index contributed by atoms with van der Waals surface area (Å²) in [6.07, 6.45) is 4.76. The van der Waals surface area contributed by atoms with Gasteiger partial charge in [-0.25, -0.2) is 9.97 Å². The zero-order valence-corrected chi connectivity index (χ0v) is 14.8. The predicted octanol–water partition coefficient (Wildman–Crippen LogP) is 5.19. The van der Waals surface area contributed by atoms with Crippen LogP contribution in [0.2, 0.25) is 9.62 Å². The molecule has 3 rings (SSSR count). The summed E-state index contributed by atoms with van der Waals surface area (Å²) in [6.45, 7) is 8.14. The number of ether oxygens (including phenoxy) is 1. The number of aromatic nitrogens is 2. The molecule has 1 unspecified atom stereocenters. The molecule has 1 saturated heterocycles. The van der Waals surface area contributed by atoms with Crippen molar-refractivity contribution in [3.05, 3.63) is 44.6 Å². The average molecular weight is 347 g/mol. The molecule has 0 spiro atoms. The molecule has 1 fully saturated rings. The SMILES string of the molecule is CC1CCOC1.Cc1ccc(Cl)nc1.Cc1cnc(Cl)s1. The zero-order chi connectivity index (χ0) is 15.7. The van der Waals surface area contributed by atoms with Gasteiger partial charge in [0.25, 0.3) is 0 Å². The van der Waals surface area contributed by atoms with Crippen LogP contribution in [0.25, 0.3) is 0 Å². The normalized spacial score (nSPS) is 16.5. The van der Waals surface area contributed by atoms with Gasteiger partial charge in [-0.05, 0) is 37.8 Å². The van der Waals surface area contributed by atoms with E-state index in [1.807, 2.05) is 19.9 Å². The molecule has 116 valence electrons. The quantitative estimate of drug-likeness (QED) is 0.615. The molecule has 2 aromatic heterocycles. The van der Waals surface area contributed by atoms with E-state index < -0.39 is 0 Å². The summed E-state index contributed by atoms with van der Waals surface area (Å²) in [7, 11) is 0. The summed E-state index contributed by atoms with van der Waals surface area (Å²) in [5.74, 6) is 0.824. The minimum absolute atomic E-state index is 0.551. The predicted molar refractivity (Wildman–Crippen MR) is 90.4 cm³/mol. The molecular formula is C15H20Cl2N2OS. The first kappa shape index (κ1) is 18.4. The van der Waals surface area contributed by atoms with E-state index in [-0.39, 0.29) is 0 Å². The van der Waals surface area contributed by atoms with Crippen molar-refractivity contribution in [3.8, 4) is 0 Å². The number of thiazole rings is 1. The van der Waals surface area contributed by atoms with Gasteiger partial charge in [0.15, 0.2) is 4.47 Å². The van der Waals surface area contributed by atoms with E-state index in [0.29, 0.717) is 9.62 Å². The topological polar surface area (TPSA) is 35.0 Å². The van der Waals surface area contributed by atoms with Crippen LogP contribution in [0.15, 0.2) is 24.5 Å². The largest absolute Gasteiger partial charge is 0.381 e. The van der Waals surface area contributed by atoms with Gasteiger partial charge < -0.3 is 4.74 Å². The first-order valence-corrected chi connectivity index (χ1v) is 8.28. The van der Waals surface area contributed by atoms with Crippen molar-refractivity contribution in [2.75, 3.05) is 13.2 Å². The number of nitrogens with zero attached hydrogens (tertiary/aromatic N) is 2. The van der Waals surface area contributed by atoms with E-state index in [1.165, 1.54) is 17.8 Å². The summed E-state index contributed by atoms with van der Waals surface area (Å²) >= 11 is 12.5. The van der Waals surface area contributed by atoms with E-state index >= 15 is 0 Å². The molecular weight excluding hydrogens is 327 g/mol. The Labute approximate surface area is 140 Å². The standard InChI is InChI=1S/C6H6ClN.C5H10O.C4H4ClNS/c1-5-2-3-6(7)8-4-5;1-5-2-3-6-4-5;1-3-2-6-4(5)7-3/h2-4H,1H3;5H,2-4H2,1H3;2H,1H3. The molecule has 21 heavy (non-hydrogen) atoms. The lowest BCUT2D eigenvalue weighted by Gasteiger charge is -1.89. The van der Waals surface area contributed by atoms with E-state index in [2.05, 4.69) is 16.9 Å². The van der Waals surface area contributed by atoms with Gasteiger partial charge in [0.2, 0.25) is 0 Å². The third-order valence-electron chi connectivity index (χ3n) is 2.63. The van der Waals surface area contributed by atoms with Crippen molar-refractivity contribution in [1.29, 1.82) is 0 Å². The second-order valence-corrected chi connectivity index (χ2v) is 7.06. The first-order valence-electron chi connectivity index (χ1n) is 6.71. The first-order chi connectivity index (χ1) is 9.97. The summed E-state index contributed by atoms with van der Waals surface area (Å²) < 4.78 is 5.68. The van der Waals surface area contributed by atoms with Crippen LogP contribution >= 0.6 is 34.5 Å². The van der Waals surface area contributed by atoms with Crippen molar-refractivity contribution in [3.63, 3.8) is 0 Å². The molecule has 0 amide bonds. The van der Waals surface area contributed by atoms with Gasteiger partial charge in [-0.15, -0.1) is 11.3 Å². The van der Waals surface area contributed by atoms with Crippen LogP contribution in [-0.2, 0) is 4.74 Å². The minimum atomic E-state index is 0.551. The van der Waals surface area contributed by atoms with Gasteiger partial charge >= 0.3 is 0 Å². The van der Waals surface area contributed by atoms with Gasteiger partial charge in [0.05, 0.1) is 0 Å². The maximum absolute atomic E-state index is 5.50. The number of aryl methyl sites for hydroxylation is 2. The maximum atomic E-state index is 5.50. The van der Waals surface area contributed by atoms with Gasteiger partial charge in [0.1, 0.15) is 5.15 Å². The Morgan fingerprint density at radius 3 is 2.19 bits per heavy atom. The molecule has 1 aliphatic rings. The fourth-order valence-electron chi connectivity index (χ4n) is 1.43. The van der Waals surface area contributed by atoms with Crippen molar-refractivity contribution in [2.45, 2.75) is 27.2 Å². The van der Waals surface area contributed by atoms with Crippen molar-refractivity contribution < 1.29 is 4.74 Å². The highest BCUT2D eigenvalue weighted by Crippen LogP contribution is 2.15. The Balaban J connectivity index is 0.000000159. The summed E-state index contributed by atoms with van der Waals surface area (Å²) in [5.41, 5.74) is 1.13. The monoisotopic (exact) mass is 346 g/mol. The molecule has 0 radical (unpaired) electrons. The summed E-state index contributed by atoms with van der Waals surface area (Å²) in [6, 6.07) is 3.70. The van der Waals surface area contributed by atoms with Crippen molar-refractivity contribution >= 4 is 34.5 Å². The number of pyridine rings is 1. The molecule has 1 atom stereocenters. The molecule has 0 bridgehead atoms. The van der Waals surface area contributed by atoms with Crippen LogP contribution in [0.1, 0.15) is 23.8 Å². The Bertz CT molecular complexity index is 473. The molecule has 3 heterocycles. The molecule has 0 N–H and O–H groups in total. The van der Waals surface area contributed by atoms with Crippen LogP contribution in [0.4, 0.5) is 0 Å². The lowest BCUT2D eigenvalue weighted by Crippen LogP contribution is -1.88. The lowest BCUT2D eigenvalue weighted by molar-refractivity contribution is 0.188. The molecule has 0 aliphatic carbocycles. The second kappa shape index (κ2) is 10.1. The van der Waals surface area contributed by atoms with Crippen LogP contribution in [0.5, 0.6) is 0 Å². The Kier molecular flexibility index (Phi) is 8.85. The van der Waals surface area contributed by atoms with Crippen molar-refractivity contribution in [1.82, 2.24) is 9.97 Å². The number of halogens is 2. The molecule has 0 saturated carbocycles. The highest BCUT2D eigenvalue weighted by molar-refractivity contribution is 7.15. The third kappa shape index (κ3) is 9.04. The molecule has 2 aromatic rings. The summed E-state index contributed by atoms with van der Waals surface area (Å²) in [5, 5.41) is 0.551. The second-order valence-electron chi connectivity index (χ2n) is 4.85. The molecule has 0 aromatic carbocycles. The molecule has 3 nitrogen and oxygen atoms in total. The maximum Gasteiger partial charge on any atom is 0.183 e. The fourth-order valence-corrected chi connectivity index (χ4v) is 2.43. The van der Waals surface area contributed by atoms with Crippen LogP contribution in [0.3, 0.4) is 0 Å². The van der Waals surface area contributed by atoms with E-state index in [4.69, 9.17) is 27.9 Å². The fraction of sp³-hybridized carbons (Fsp3) is 0.467. The minimum Gasteiger partial charge on any atom is -0.381 e. The molecule has 1 aliphatic heterocycles. The van der Waals surface area contributed by atoms with Crippen LogP contribution in [-0.4, -0.2) is 23.2 Å².